The summed E-state index contributed by atoms with van der Waals surface area (Å²) in [5.41, 5.74) is 4.57. The van der Waals surface area contributed by atoms with Crippen LogP contribution in [0.4, 0.5) is 11.5 Å². The Hall–Kier alpha value is -4.46. The summed E-state index contributed by atoms with van der Waals surface area (Å²) in [4.78, 5) is 25.7. The minimum Gasteiger partial charge on any atom is -0.504 e. The summed E-state index contributed by atoms with van der Waals surface area (Å²) in [7, 11) is 1.50. The zero-order valence-corrected chi connectivity index (χ0v) is 19.8. The van der Waals surface area contributed by atoms with Crippen LogP contribution in [0.1, 0.15) is 40.9 Å². The maximum Gasteiger partial charge on any atom is 0.257 e. The van der Waals surface area contributed by atoms with Crippen LogP contribution in [0.3, 0.4) is 0 Å². The molecule has 3 N–H and O–H groups in total. The number of nitrogens with one attached hydrogen (secondary N) is 2. The minimum absolute atomic E-state index is 0.0496. The van der Waals surface area contributed by atoms with E-state index in [-0.39, 0.29) is 17.7 Å². The number of carbonyl (C=O) groups is 1. The molecule has 0 radical (unpaired) electrons. The van der Waals surface area contributed by atoms with E-state index in [1.807, 2.05) is 31.2 Å². The van der Waals surface area contributed by atoms with Gasteiger partial charge in [-0.3, -0.25) is 14.8 Å². The van der Waals surface area contributed by atoms with Crippen LogP contribution >= 0.6 is 0 Å². The lowest BCUT2D eigenvalue weighted by molar-refractivity contribution is 0.102. The molecule has 0 aliphatic carbocycles. The quantitative estimate of drug-likeness (QED) is 0.318. The molecular weight excluding hydrogens is 442 g/mol. The van der Waals surface area contributed by atoms with Crippen molar-refractivity contribution in [2.45, 2.75) is 26.3 Å². The Kier molecular flexibility index (Phi) is 7.21. The number of carbonyl (C=O) groups excluding carboxylic acids is 1. The maximum absolute atomic E-state index is 12.6. The third-order valence-electron chi connectivity index (χ3n) is 5.52. The molecule has 2 aromatic heterocycles. The van der Waals surface area contributed by atoms with E-state index in [1.54, 1.807) is 49.1 Å². The average molecular weight is 470 g/mol. The number of anilines is 2. The van der Waals surface area contributed by atoms with Crippen molar-refractivity contribution < 1.29 is 14.6 Å². The lowest BCUT2D eigenvalue weighted by Crippen LogP contribution is -2.14. The zero-order chi connectivity index (χ0) is 24.8. The van der Waals surface area contributed by atoms with Gasteiger partial charge in [0.1, 0.15) is 5.82 Å². The van der Waals surface area contributed by atoms with E-state index < -0.39 is 0 Å². The molecule has 0 saturated carbocycles. The number of aromatic nitrogens is 3. The second kappa shape index (κ2) is 10.6. The van der Waals surface area contributed by atoms with E-state index in [1.165, 1.54) is 7.11 Å². The first-order valence-electron chi connectivity index (χ1n) is 11.3. The molecule has 0 aliphatic heterocycles. The number of pyridine rings is 1. The lowest BCUT2D eigenvalue weighted by atomic mass is 10.0. The first kappa shape index (κ1) is 23.7. The molecule has 8 heteroatoms. The first-order valence-corrected chi connectivity index (χ1v) is 11.3. The standard InChI is InChI=1S/C27H27N5O3/c1-4-22(18-6-5-7-21(11-18)30-27(34)20-10-17(2)13-28-14-20)31-26-16-29-15-23(32-26)19-8-9-24(33)25(12-19)35-3/h5-16,22,33H,4H2,1-3H3,(H,30,34)(H,31,32)/t22-/m0/s1. The largest absolute Gasteiger partial charge is 0.504 e. The predicted molar refractivity (Wildman–Crippen MR) is 136 cm³/mol. The average Bonchev–Trinajstić information content (AvgIpc) is 2.88. The number of hydrogen-bond donors (Lipinski definition) is 3. The number of phenolic OH excluding ortho intramolecular Hbond substituents is 1. The van der Waals surface area contributed by atoms with Crippen LogP contribution in [0.15, 0.2) is 73.3 Å². The van der Waals surface area contributed by atoms with Crippen LogP contribution in [-0.2, 0) is 0 Å². The Bertz CT molecular complexity index is 1340. The summed E-state index contributed by atoms with van der Waals surface area (Å²) in [5.74, 6) is 0.841. The predicted octanol–water partition coefficient (Wildman–Crippen LogP) is 5.38. The molecule has 0 bridgehead atoms. The number of phenols is 1. The van der Waals surface area contributed by atoms with Gasteiger partial charge in [-0.15, -0.1) is 0 Å². The number of hydrogen-bond acceptors (Lipinski definition) is 7. The van der Waals surface area contributed by atoms with E-state index >= 15 is 0 Å². The van der Waals surface area contributed by atoms with Crippen molar-refractivity contribution in [3.05, 3.63) is 90.0 Å². The Labute approximate surface area is 204 Å². The molecule has 0 unspecified atom stereocenters. The van der Waals surface area contributed by atoms with Gasteiger partial charge in [-0.05, 0) is 60.9 Å². The van der Waals surface area contributed by atoms with Gasteiger partial charge in [0.2, 0.25) is 0 Å². The van der Waals surface area contributed by atoms with Gasteiger partial charge in [-0.2, -0.15) is 0 Å². The summed E-state index contributed by atoms with van der Waals surface area (Å²) in [6.07, 6.45) is 7.38. The molecule has 0 fully saturated rings. The zero-order valence-electron chi connectivity index (χ0n) is 19.8. The van der Waals surface area contributed by atoms with Gasteiger partial charge in [0, 0.05) is 23.6 Å². The van der Waals surface area contributed by atoms with Crippen LogP contribution in [-0.4, -0.2) is 33.1 Å². The van der Waals surface area contributed by atoms with Crippen LogP contribution in [0.2, 0.25) is 0 Å². The molecule has 0 spiro atoms. The first-order chi connectivity index (χ1) is 17.0. The van der Waals surface area contributed by atoms with E-state index in [0.29, 0.717) is 28.5 Å². The van der Waals surface area contributed by atoms with Crippen molar-refractivity contribution in [3.8, 4) is 22.8 Å². The summed E-state index contributed by atoms with van der Waals surface area (Å²) in [6, 6.07) is 14.5. The maximum atomic E-state index is 12.6. The molecule has 8 nitrogen and oxygen atoms in total. The monoisotopic (exact) mass is 469 g/mol. The summed E-state index contributed by atoms with van der Waals surface area (Å²) in [5, 5.41) is 16.3. The van der Waals surface area contributed by atoms with E-state index in [4.69, 9.17) is 9.72 Å². The van der Waals surface area contributed by atoms with Gasteiger partial charge in [-0.1, -0.05) is 19.1 Å². The number of rotatable bonds is 8. The van der Waals surface area contributed by atoms with Gasteiger partial charge in [0.15, 0.2) is 11.5 Å². The second-order valence-electron chi connectivity index (χ2n) is 8.11. The Morgan fingerprint density at radius 2 is 1.89 bits per heavy atom. The number of amides is 1. The number of aromatic hydroxyl groups is 1. The molecule has 35 heavy (non-hydrogen) atoms. The van der Waals surface area contributed by atoms with Crippen molar-refractivity contribution in [1.29, 1.82) is 0 Å². The lowest BCUT2D eigenvalue weighted by Gasteiger charge is -2.19. The fourth-order valence-corrected chi connectivity index (χ4v) is 3.73. The fraction of sp³-hybridized carbons (Fsp3) is 0.185. The molecule has 1 amide bonds. The minimum atomic E-state index is -0.206. The molecule has 4 rings (SSSR count). The smallest absolute Gasteiger partial charge is 0.257 e. The summed E-state index contributed by atoms with van der Waals surface area (Å²) >= 11 is 0. The summed E-state index contributed by atoms with van der Waals surface area (Å²) < 4.78 is 5.20. The van der Waals surface area contributed by atoms with Crippen LogP contribution in [0, 0.1) is 6.92 Å². The number of benzene rings is 2. The van der Waals surface area contributed by atoms with E-state index in [2.05, 4.69) is 27.5 Å². The molecule has 178 valence electrons. The highest BCUT2D eigenvalue weighted by Crippen LogP contribution is 2.31. The van der Waals surface area contributed by atoms with E-state index in [0.717, 1.165) is 23.1 Å². The van der Waals surface area contributed by atoms with E-state index in [9.17, 15) is 9.90 Å². The Morgan fingerprint density at radius 3 is 2.66 bits per heavy atom. The third-order valence-corrected chi connectivity index (χ3v) is 5.52. The Morgan fingerprint density at radius 1 is 1.06 bits per heavy atom. The molecule has 1 atom stereocenters. The highest BCUT2D eigenvalue weighted by Gasteiger charge is 2.14. The topological polar surface area (TPSA) is 109 Å². The van der Waals surface area contributed by atoms with Gasteiger partial charge in [-0.25, -0.2) is 4.98 Å². The molecule has 2 aromatic carbocycles. The summed E-state index contributed by atoms with van der Waals surface area (Å²) in [6.45, 7) is 3.97. The number of aryl methyl sites for hydroxylation is 1. The van der Waals surface area contributed by atoms with Gasteiger partial charge in [0.05, 0.1) is 36.8 Å². The third kappa shape index (κ3) is 5.73. The molecular formula is C27H27N5O3. The normalized spacial score (nSPS) is 11.5. The SMILES string of the molecule is CC[C@H](Nc1cncc(-c2ccc(O)c(OC)c2)n1)c1cccc(NC(=O)c2cncc(C)c2)c1. The van der Waals surface area contributed by atoms with Crippen molar-refractivity contribution in [1.82, 2.24) is 15.0 Å². The van der Waals surface area contributed by atoms with Crippen LogP contribution < -0.4 is 15.4 Å². The second-order valence-corrected chi connectivity index (χ2v) is 8.11. The van der Waals surface area contributed by atoms with Crippen molar-refractivity contribution in [2.75, 3.05) is 17.7 Å². The number of ether oxygens (including phenoxy) is 1. The highest BCUT2D eigenvalue weighted by molar-refractivity contribution is 6.04. The molecule has 0 saturated heterocycles. The number of methoxy groups -OCH3 is 1. The molecule has 4 aromatic rings. The van der Waals surface area contributed by atoms with Gasteiger partial charge in [0.25, 0.3) is 5.91 Å². The Balaban J connectivity index is 1.52. The van der Waals surface area contributed by atoms with Gasteiger partial charge >= 0.3 is 0 Å². The van der Waals surface area contributed by atoms with Crippen LogP contribution in [0.25, 0.3) is 11.3 Å². The van der Waals surface area contributed by atoms with Crippen molar-refractivity contribution in [3.63, 3.8) is 0 Å². The highest BCUT2D eigenvalue weighted by atomic mass is 16.5. The van der Waals surface area contributed by atoms with Crippen LogP contribution in [0.5, 0.6) is 11.5 Å². The number of nitrogens with zero attached hydrogens (tertiary/aromatic N) is 3. The van der Waals surface area contributed by atoms with Crippen molar-refractivity contribution >= 4 is 17.4 Å². The molecule has 0 aliphatic rings. The fourth-order valence-electron chi connectivity index (χ4n) is 3.73. The van der Waals surface area contributed by atoms with Gasteiger partial charge < -0.3 is 20.5 Å². The van der Waals surface area contributed by atoms with Crippen molar-refractivity contribution in [2.24, 2.45) is 0 Å². The molecule has 2 heterocycles.